The number of hydrogen-bond donors (Lipinski definition) is 1. The van der Waals surface area contributed by atoms with Crippen LogP contribution < -0.4 is 15.4 Å². The molecule has 1 aromatic rings. The monoisotopic (exact) mass is 277 g/mol. The summed E-state index contributed by atoms with van der Waals surface area (Å²) in [5, 5.41) is 0. The van der Waals surface area contributed by atoms with E-state index in [0.29, 0.717) is 6.04 Å². The molecule has 1 fully saturated rings. The molecule has 1 unspecified atom stereocenters. The molecule has 1 heterocycles. The number of benzene rings is 1. The molecule has 0 aliphatic carbocycles. The van der Waals surface area contributed by atoms with E-state index in [0.717, 1.165) is 44.9 Å². The molecule has 2 rings (SSSR count). The molecule has 112 valence electrons. The van der Waals surface area contributed by atoms with Crippen molar-refractivity contribution >= 4 is 5.69 Å². The van der Waals surface area contributed by atoms with E-state index in [9.17, 15) is 0 Å². The van der Waals surface area contributed by atoms with Crippen LogP contribution in [0.4, 0.5) is 5.69 Å². The Morgan fingerprint density at radius 1 is 1.15 bits per heavy atom. The van der Waals surface area contributed by atoms with Gasteiger partial charge in [-0.25, -0.2) is 0 Å². The predicted molar refractivity (Wildman–Crippen MR) is 84.5 cm³/mol. The molecular weight excluding hydrogens is 250 g/mol. The lowest BCUT2D eigenvalue weighted by Gasteiger charge is -2.40. The van der Waals surface area contributed by atoms with Gasteiger partial charge in [-0.05, 0) is 43.7 Å². The van der Waals surface area contributed by atoms with Crippen LogP contribution in [0.25, 0.3) is 0 Å². The Balaban J connectivity index is 1.89. The maximum atomic E-state index is 5.71. The number of piperazine rings is 1. The van der Waals surface area contributed by atoms with E-state index in [1.165, 1.54) is 12.1 Å². The third-order valence-electron chi connectivity index (χ3n) is 4.24. The summed E-state index contributed by atoms with van der Waals surface area (Å²) in [6.45, 7) is 7.49. The first-order valence-electron chi connectivity index (χ1n) is 7.61. The van der Waals surface area contributed by atoms with Crippen LogP contribution in [0.2, 0.25) is 0 Å². The Morgan fingerprint density at radius 3 is 2.30 bits per heavy atom. The van der Waals surface area contributed by atoms with E-state index >= 15 is 0 Å². The van der Waals surface area contributed by atoms with Crippen molar-refractivity contribution in [1.82, 2.24) is 4.90 Å². The average molecular weight is 277 g/mol. The Kier molecular flexibility index (Phi) is 5.68. The number of anilines is 1. The van der Waals surface area contributed by atoms with Gasteiger partial charge in [0.1, 0.15) is 5.75 Å². The number of nitrogens with zero attached hydrogens (tertiary/aromatic N) is 2. The van der Waals surface area contributed by atoms with E-state index < -0.39 is 0 Å². The van der Waals surface area contributed by atoms with E-state index in [4.69, 9.17) is 10.5 Å². The molecular formula is C16H27N3O. The molecule has 0 bridgehead atoms. The van der Waals surface area contributed by atoms with Crippen LogP contribution >= 0.6 is 0 Å². The van der Waals surface area contributed by atoms with Gasteiger partial charge in [-0.1, -0.05) is 6.92 Å². The van der Waals surface area contributed by atoms with Gasteiger partial charge in [0.2, 0.25) is 0 Å². The summed E-state index contributed by atoms with van der Waals surface area (Å²) in [5.74, 6) is 0.918. The quantitative estimate of drug-likeness (QED) is 0.863. The van der Waals surface area contributed by atoms with E-state index in [2.05, 4.69) is 28.9 Å². The molecule has 1 aliphatic heterocycles. The van der Waals surface area contributed by atoms with Gasteiger partial charge in [0, 0.05) is 37.9 Å². The number of methoxy groups -OCH3 is 1. The largest absolute Gasteiger partial charge is 0.497 e. The van der Waals surface area contributed by atoms with Crippen LogP contribution in [-0.2, 0) is 0 Å². The maximum absolute atomic E-state index is 5.71. The minimum atomic E-state index is 0.651. The standard InChI is InChI=1S/C16H27N3O/c1-3-14(8-9-17)18-10-12-19(13-11-18)15-4-6-16(20-2)7-5-15/h4-7,14H,3,8-13,17H2,1-2H3. The third kappa shape index (κ3) is 3.64. The molecule has 0 spiro atoms. The highest BCUT2D eigenvalue weighted by Gasteiger charge is 2.22. The molecule has 0 amide bonds. The van der Waals surface area contributed by atoms with Gasteiger partial charge in [0.25, 0.3) is 0 Å². The summed E-state index contributed by atoms with van der Waals surface area (Å²) in [4.78, 5) is 5.04. The number of rotatable bonds is 6. The van der Waals surface area contributed by atoms with Crippen LogP contribution in [0.15, 0.2) is 24.3 Å². The number of ether oxygens (including phenoxy) is 1. The van der Waals surface area contributed by atoms with Gasteiger partial charge in [-0.15, -0.1) is 0 Å². The lowest BCUT2D eigenvalue weighted by molar-refractivity contribution is 0.173. The molecule has 1 atom stereocenters. The summed E-state index contributed by atoms with van der Waals surface area (Å²) in [6.07, 6.45) is 2.30. The number of nitrogens with two attached hydrogens (primary N) is 1. The van der Waals surface area contributed by atoms with Gasteiger partial charge in [0.15, 0.2) is 0 Å². The summed E-state index contributed by atoms with van der Waals surface area (Å²) in [6, 6.07) is 9.01. The first kappa shape index (κ1) is 15.1. The summed E-state index contributed by atoms with van der Waals surface area (Å²) < 4.78 is 5.21. The zero-order valence-electron chi connectivity index (χ0n) is 12.7. The van der Waals surface area contributed by atoms with Crippen molar-refractivity contribution < 1.29 is 4.74 Å². The molecule has 0 aromatic heterocycles. The second kappa shape index (κ2) is 7.50. The Bertz CT molecular complexity index is 385. The molecule has 1 saturated heterocycles. The van der Waals surface area contributed by atoms with Crippen molar-refractivity contribution in [3.8, 4) is 5.75 Å². The lowest BCUT2D eigenvalue weighted by Crippen LogP contribution is -2.50. The van der Waals surface area contributed by atoms with Crippen molar-refractivity contribution in [2.24, 2.45) is 5.73 Å². The highest BCUT2D eigenvalue weighted by Crippen LogP contribution is 2.21. The van der Waals surface area contributed by atoms with E-state index in [1.807, 2.05) is 12.1 Å². The summed E-state index contributed by atoms with van der Waals surface area (Å²) in [7, 11) is 1.70. The highest BCUT2D eigenvalue weighted by molar-refractivity contribution is 5.49. The zero-order valence-corrected chi connectivity index (χ0v) is 12.7. The second-order valence-electron chi connectivity index (χ2n) is 5.36. The van der Waals surface area contributed by atoms with Gasteiger partial charge in [-0.2, -0.15) is 0 Å². The van der Waals surface area contributed by atoms with Crippen LogP contribution in [0.5, 0.6) is 5.75 Å². The van der Waals surface area contributed by atoms with E-state index in [1.54, 1.807) is 7.11 Å². The Morgan fingerprint density at radius 2 is 1.80 bits per heavy atom. The normalized spacial score (nSPS) is 18.1. The van der Waals surface area contributed by atoms with Crippen LogP contribution in [0, 0.1) is 0 Å². The van der Waals surface area contributed by atoms with Crippen LogP contribution in [0.1, 0.15) is 19.8 Å². The molecule has 1 aliphatic rings. The highest BCUT2D eigenvalue weighted by atomic mass is 16.5. The minimum absolute atomic E-state index is 0.651. The smallest absolute Gasteiger partial charge is 0.119 e. The van der Waals surface area contributed by atoms with Crippen LogP contribution in [0.3, 0.4) is 0 Å². The lowest BCUT2D eigenvalue weighted by atomic mass is 10.1. The van der Waals surface area contributed by atoms with Crippen molar-refractivity contribution in [2.75, 3.05) is 44.7 Å². The minimum Gasteiger partial charge on any atom is -0.497 e. The first-order valence-corrected chi connectivity index (χ1v) is 7.61. The zero-order chi connectivity index (χ0) is 14.4. The van der Waals surface area contributed by atoms with Crippen molar-refractivity contribution in [3.05, 3.63) is 24.3 Å². The molecule has 0 saturated carbocycles. The van der Waals surface area contributed by atoms with Crippen molar-refractivity contribution in [1.29, 1.82) is 0 Å². The average Bonchev–Trinajstić information content (AvgIpc) is 2.53. The first-order chi connectivity index (χ1) is 9.78. The number of hydrogen-bond acceptors (Lipinski definition) is 4. The third-order valence-corrected chi connectivity index (χ3v) is 4.24. The fourth-order valence-electron chi connectivity index (χ4n) is 2.98. The van der Waals surface area contributed by atoms with Crippen LogP contribution in [-0.4, -0.2) is 50.8 Å². The maximum Gasteiger partial charge on any atom is 0.119 e. The SMILES string of the molecule is CCC(CCN)N1CCN(c2ccc(OC)cc2)CC1. The molecule has 1 aromatic carbocycles. The molecule has 4 heteroatoms. The predicted octanol–water partition coefficient (Wildman–Crippen LogP) is 1.94. The Labute approximate surface area is 122 Å². The van der Waals surface area contributed by atoms with Crippen molar-refractivity contribution in [2.45, 2.75) is 25.8 Å². The van der Waals surface area contributed by atoms with Gasteiger partial charge in [-0.3, -0.25) is 4.90 Å². The topological polar surface area (TPSA) is 41.7 Å². The van der Waals surface area contributed by atoms with Gasteiger partial charge < -0.3 is 15.4 Å². The van der Waals surface area contributed by atoms with Crippen molar-refractivity contribution in [3.63, 3.8) is 0 Å². The Hall–Kier alpha value is -1.26. The summed E-state index contributed by atoms with van der Waals surface area (Å²) >= 11 is 0. The second-order valence-corrected chi connectivity index (χ2v) is 5.36. The fraction of sp³-hybridized carbons (Fsp3) is 0.625. The molecule has 4 nitrogen and oxygen atoms in total. The fourth-order valence-corrected chi connectivity index (χ4v) is 2.98. The van der Waals surface area contributed by atoms with Gasteiger partial charge in [0.05, 0.1) is 7.11 Å². The van der Waals surface area contributed by atoms with Gasteiger partial charge >= 0.3 is 0 Å². The molecule has 0 radical (unpaired) electrons. The molecule has 2 N–H and O–H groups in total. The summed E-state index contributed by atoms with van der Waals surface area (Å²) in [5.41, 5.74) is 7.00. The molecule has 20 heavy (non-hydrogen) atoms. The van der Waals surface area contributed by atoms with E-state index in [-0.39, 0.29) is 0 Å².